The van der Waals surface area contributed by atoms with Crippen LogP contribution in [0.15, 0.2) is 45.7 Å². The van der Waals surface area contributed by atoms with E-state index in [1.165, 1.54) is 11.0 Å². The molecule has 112 valence electrons. The van der Waals surface area contributed by atoms with Crippen LogP contribution in [0, 0.1) is 5.82 Å². The topological polar surface area (TPSA) is 33.5 Å². The van der Waals surface area contributed by atoms with Crippen LogP contribution in [0.5, 0.6) is 0 Å². The lowest BCUT2D eigenvalue weighted by molar-refractivity contribution is 0.247. The fraction of sp³-hybridized carbons (Fsp3) is 0.125. The third-order valence-electron chi connectivity index (χ3n) is 3.23. The molecule has 22 heavy (non-hydrogen) atoms. The third-order valence-corrected chi connectivity index (χ3v) is 4.72. The van der Waals surface area contributed by atoms with Gasteiger partial charge in [-0.3, -0.25) is 9.69 Å². The van der Waals surface area contributed by atoms with Crippen LogP contribution in [0.3, 0.4) is 0 Å². The Labute approximate surface area is 136 Å². The summed E-state index contributed by atoms with van der Waals surface area (Å²) >= 11 is 6.35. The van der Waals surface area contributed by atoms with Gasteiger partial charge in [-0.1, -0.05) is 24.4 Å². The third kappa shape index (κ3) is 2.71. The lowest BCUT2D eigenvalue weighted by atomic mass is 10.1. The molecule has 1 saturated heterocycles. The van der Waals surface area contributed by atoms with E-state index in [9.17, 15) is 9.18 Å². The van der Waals surface area contributed by atoms with E-state index in [4.69, 9.17) is 16.6 Å². The molecule has 0 unspecified atom stereocenters. The lowest BCUT2D eigenvalue weighted by Crippen LogP contribution is -2.26. The largest absolute Gasteiger partial charge is 0.457 e. The molecule has 2 heterocycles. The Bertz CT molecular complexity index is 782. The number of likely N-dealkylation sites (N-methyl/N-ethyl adjacent to an activating group) is 1. The van der Waals surface area contributed by atoms with Gasteiger partial charge in [-0.2, -0.15) is 0 Å². The first kappa shape index (κ1) is 15.0. The van der Waals surface area contributed by atoms with E-state index in [0.29, 0.717) is 33.5 Å². The molecule has 1 aromatic carbocycles. The van der Waals surface area contributed by atoms with Crippen molar-refractivity contribution in [3.05, 3.63) is 52.9 Å². The van der Waals surface area contributed by atoms with Crippen LogP contribution in [0.4, 0.5) is 9.18 Å². The number of carbonyl (C=O) groups excluding carboxylic acids is 1. The monoisotopic (exact) mass is 333 g/mol. The molecule has 3 rings (SSSR count). The van der Waals surface area contributed by atoms with E-state index >= 15 is 0 Å². The Morgan fingerprint density at radius 3 is 2.77 bits per heavy atom. The molecule has 1 fully saturated rings. The maximum atomic E-state index is 13.7. The van der Waals surface area contributed by atoms with Gasteiger partial charge in [-0.15, -0.1) is 0 Å². The number of furan rings is 1. The molecular formula is C16H12FNO2S2. The molecule has 1 aliphatic rings. The molecule has 1 amide bonds. The van der Waals surface area contributed by atoms with Crippen molar-refractivity contribution >= 4 is 40.3 Å². The van der Waals surface area contributed by atoms with Crippen molar-refractivity contribution in [2.45, 2.75) is 6.92 Å². The van der Waals surface area contributed by atoms with Gasteiger partial charge in [-0.25, -0.2) is 4.39 Å². The molecule has 0 N–H and O–H groups in total. The molecule has 0 aliphatic carbocycles. The second-order valence-corrected chi connectivity index (χ2v) is 5.99. The first-order valence-corrected chi connectivity index (χ1v) is 7.92. The van der Waals surface area contributed by atoms with Gasteiger partial charge in [0.25, 0.3) is 5.24 Å². The highest BCUT2D eigenvalue weighted by Crippen LogP contribution is 2.34. The smallest absolute Gasteiger partial charge is 0.291 e. The van der Waals surface area contributed by atoms with E-state index in [1.54, 1.807) is 36.4 Å². The second kappa shape index (κ2) is 6.06. The fourth-order valence-corrected chi connectivity index (χ4v) is 3.48. The Morgan fingerprint density at radius 2 is 2.09 bits per heavy atom. The molecule has 0 saturated carbocycles. The molecule has 0 radical (unpaired) electrons. The Hall–Kier alpha value is -1.92. The molecule has 0 atom stereocenters. The summed E-state index contributed by atoms with van der Waals surface area (Å²) in [6.45, 7) is 2.41. The quantitative estimate of drug-likeness (QED) is 0.588. The van der Waals surface area contributed by atoms with Crippen LogP contribution in [-0.2, 0) is 0 Å². The summed E-state index contributed by atoms with van der Waals surface area (Å²) in [4.78, 5) is 14.5. The number of thioether (sulfide) groups is 1. The van der Waals surface area contributed by atoms with Crippen LogP contribution in [0.25, 0.3) is 17.4 Å². The molecular weight excluding hydrogens is 321 g/mol. The number of carbonyl (C=O) groups is 1. The van der Waals surface area contributed by atoms with Crippen molar-refractivity contribution in [3.63, 3.8) is 0 Å². The van der Waals surface area contributed by atoms with Crippen LogP contribution in [-0.4, -0.2) is 21.7 Å². The summed E-state index contributed by atoms with van der Waals surface area (Å²) in [5.41, 5.74) is 0.403. The molecule has 1 aliphatic heterocycles. The number of amides is 1. The van der Waals surface area contributed by atoms with Gasteiger partial charge in [0.15, 0.2) is 0 Å². The summed E-state index contributed by atoms with van der Waals surface area (Å²) in [6.07, 6.45) is 1.71. The first-order valence-electron chi connectivity index (χ1n) is 6.70. The first-order chi connectivity index (χ1) is 10.6. The number of hydrogen-bond acceptors (Lipinski definition) is 4. The average molecular weight is 333 g/mol. The minimum Gasteiger partial charge on any atom is -0.457 e. The Balaban J connectivity index is 1.90. The fourth-order valence-electron chi connectivity index (χ4n) is 2.14. The van der Waals surface area contributed by atoms with Gasteiger partial charge in [0.05, 0.1) is 10.5 Å². The van der Waals surface area contributed by atoms with Crippen molar-refractivity contribution in [1.82, 2.24) is 4.90 Å². The van der Waals surface area contributed by atoms with Gasteiger partial charge >= 0.3 is 0 Å². The van der Waals surface area contributed by atoms with Crippen molar-refractivity contribution in [1.29, 1.82) is 0 Å². The predicted octanol–water partition coefficient (Wildman–Crippen LogP) is 4.94. The van der Waals surface area contributed by atoms with Gasteiger partial charge in [0.1, 0.15) is 22.3 Å². The van der Waals surface area contributed by atoms with E-state index < -0.39 is 0 Å². The van der Waals surface area contributed by atoms with Gasteiger partial charge in [0.2, 0.25) is 0 Å². The lowest BCUT2D eigenvalue weighted by Gasteiger charge is -2.09. The van der Waals surface area contributed by atoms with Crippen molar-refractivity contribution < 1.29 is 13.6 Å². The standard InChI is InChI=1S/C16H12FNO2S2/c1-2-18-15(21)14(22-16(18)19)9-10-7-8-13(20-10)11-5-3-4-6-12(11)17/h3-9H,2H2,1H3. The summed E-state index contributed by atoms with van der Waals surface area (Å²) in [5.74, 6) is 0.639. The summed E-state index contributed by atoms with van der Waals surface area (Å²) in [5, 5.41) is -0.0837. The van der Waals surface area contributed by atoms with E-state index in [2.05, 4.69) is 0 Å². The number of benzene rings is 1. The molecule has 1 aromatic heterocycles. The highest BCUT2D eigenvalue weighted by atomic mass is 32.2. The maximum absolute atomic E-state index is 13.7. The van der Waals surface area contributed by atoms with Gasteiger partial charge in [-0.05, 0) is 49.0 Å². The maximum Gasteiger partial charge on any atom is 0.291 e. The summed E-state index contributed by atoms with van der Waals surface area (Å²) in [6, 6.07) is 9.85. The number of nitrogens with zero attached hydrogens (tertiary/aromatic N) is 1. The number of halogens is 1. The van der Waals surface area contributed by atoms with Gasteiger partial charge < -0.3 is 4.42 Å². The molecule has 3 nitrogen and oxygen atoms in total. The van der Waals surface area contributed by atoms with E-state index in [-0.39, 0.29) is 11.1 Å². The van der Waals surface area contributed by atoms with Gasteiger partial charge in [0, 0.05) is 6.54 Å². The molecule has 0 spiro atoms. The zero-order valence-electron chi connectivity index (χ0n) is 11.7. The van der Waals surface area contributed by atoms with E-state index in [1.807, 2.05) is 6.92 Å². The minimum atomic E-state index is -0.339. The second-order valence-electron chi connectivity index (χ2n) is 4.61. The summed E-state index contributed by atoms with van der Waals surface area (Å²) in [7, 11) is 0. The zero-order valence-corrected chi connectivity index (χ0v) is 13.3. The van der Waals surface area contributed by atoms with Crippen LogP contribution in [0.2, 0.25) is 0 Å². The van der Waals surface area contributed by atoms with Crippen molar-refractivity contribution in [3.8, 4) is 11.3 Å². The normalized spacial score (nSPS) is 16.8. The van der Waals surface area contributed by atoms with Crippen molar-refractivity contribution in [2.24, 2.45) is 0 Å². The Morgan fingerprint density at radius 1 is 1.32 bits per heavy atom. The zero-order chi connectivity index (χ0) is 15.7. The number of hydrogen-bond donors (Lipinski definition) is 0. The van der Waals surface area contributed by atoms with E-state index in [0.717, 1.165) is 11.8 Å². The van der Waals surface area contributed by atoms with Crippen molar-refractivity contribution in [2.75, 3.05) is 6.54 Å². The van der Waals surface area contributed by atoms with Crippen LogP contribution in [0.1, 0.15) is 12.7 Å². The highest BCUT2D eigenvalue weighted by molar-refractivity contribution is 8.19. The average Bonchev–Trinajstić information content (AvgIpc) is 3.05. The Kier molecular flexibility index (Phi) is 4.13. The summed E-state index contributed by atoms with van der Waals surface area (Å²) < 4.78 is 19.4. The SMILES string of the molecule is CCN1C(=O)SC(=Cc2ccc(-c3ccccc3F)o2)C1=S. The van der Waals surface area contributed by atoms with Crippen LogP contribution >= 0.6 is 24.0 Å². The number of thiocarbonyl (C=S) groups is 1. The highest BCUT2D eigenvalue weighted by Gasteiger charge is 2.30. The van der Waals surface area contributed by atoms with Crippen LogP contribution < -0.4 is 0 Å². The molecule has 0 bridgehead atoms. The number of rotatable bonds is 3. The molecule has 2 aromatic rings. The molecule has 6 heteroatoms. The predicted molar refractivity (Wildman–Crippen MR) is 90.0 cm³/mol. The minimum absolute atomic E-state index is 0.0837.